The van der Waals surface area contributed by atoms with Crippen LogP contribution in [0.2, 0.25) is 0 Å². The molecule has 4 nitrogen and oxygen atoms in total. The molecule has 9 heteroatoms. The van der Waals surface area contributed by atoms with E-state index in [9.17, 15) is 22.0 Å². The second-order valence-corrected chi connectivity index (χ2v) is 3.16. The molecule has 0 aliphatic carbocycles. The van der Waals surface area contributed by atoms with E-state index in [0.29, 0.717) is 12.1 Å². The van der Waals surface area contributed by atoms with Crippen molar-refractivity contribution in [2.75, 3.05) is 6.61 Å². The highest BCUT2D eigenvalue weighted by molar-refractivity contribution is 5.97. The van der Waals surface area contributed by atoms with E-state index in [1.165, 1.54) is 0 Å². The molecular formula is C9H7F5N2O2. The van der Waals surface area contributed by atoms with Crippen molar-refractivity contribution < 1.29 is 31.9 Å². The monoisotopic (exact) mass is 270 g/mol. The Kier molecular flexibility index (Phi) is 3.94. The Morgan fingerprint density at radius 3 is 2.17 bits per heavy atom. The number of hydrogen-bond donors (Lipinski definition) is 2. The predicted molar refractivity (Wildman–Crippen MR) is 50.4 cm³/mol. The van der Waals surface area contributed by atoms with Crippen molar-refractivity contribution in [1.29, 1.82) is 0 Å². The van der Waals surface area contributed by atoms with Gasteiger partial charge in [0.15, 0.2) is 29.8 Å². The molecule has 1 aromatic carbocycles. The highest BCUT2D eigenvalue weighted by atomic mass is 19.4. The first-order valence-electron chi connectivity index (χ1n) is 4.41. The van der Waals surface area contributed by atoms with Gasteiger partial charge >= 0.3 is 6.18 Å². The summed E-state index contributed by atoms with van der Waals surface area (Å²) in [4.78, 5) is 0. The van der Waals surface area contributed by atoms with Gasteiger partial charge in [-0.25, -0.2) is 8.78 Å². The number of nitrogens with zero attached hydrogens (tertiary/aromatic N) is 1. The molecule has 0 aromatic heterocycles. The molecule has 1 rings (SSSR count). The van der Waals surface area contributed by atoms with Crippen molar-refractivity contribution in [1.82, 2.24) is 0 Å². The van der Waals surface area contributed by atoms with Gasteiger partial charge in [-0.1, -0.05) is 5.16 Å². The number of oxime groups is 1. The molecule has 3 N–H and O–H groups in total. The minimum atomic E-state index is -4.72. The summed E-state index contributed by atoms with van der Waals surface area (Å²) in [5.74, 6) is -4.54. The van der Waals surface area contributed by atoms with Crippen molar-refractivity contribution >= 4 is 5.84 Å². The molecule has 0 saturated heterocycles. The third-order valence-corrected chi connectivity index (χ3v) is 1.78. The van der Waals surface area contributed by atoms with Crippen LogP contribution in [0.25, 0.3) is 0 Å². The highest BCUT2D eigenvalue weighted by Crippen LogP contribution is 2.25. The summed E-state index contributed by atoms with van der Waals surface area (Å²) in [5, 5.41) is 10.8. The van der Waals surface area contributed by atoms with Gasteiger partial charge in [-0.15, -0.1) is 0 Å². The Morgan fingerprint density at radius 2 is 1.78 bits per heavy atom. The lowest BCUT2D eigenvalue weighted by Gasteiger charge is -2.11. The van der Waals surface area contributed by atoms with Crippen LogP contribution < -0.4 is 10.5 Å². The van der Waals surface area contributed by atoms with Gasteiger partial charge in [-0.3, -0.25) is 0 Å². The Labute approximate surface area is 97.5 Å². The maximum absolute atomic E-state index is 13.3. The Morgan fingerprint density at radius 1 is 1.28 bits per heavy atom. The molecule has 0 saturated carbocycles. The third kappa shape index (κ3) is 3.47. The molecule has 0 aliphatic rings. The van der Waals surface area contributed by atoms with Crippen molar-refractivity contribution in [3.05, 3.63) is 29.3 Å². The lowest BCUT2D eigenvalue weighted by atomic mass is 10.2. The van der Waals surface area contributed by atoms with E-state index in [4.69, 9.17) is 10.9 Å². The van der Waals surface area contributed by atoms with Crippen LogP contribution >= 0.6 is 0 Å². The number of ether oxygens (including phenoxy) is 1. The molecule has 0 spiro atoms. The Hall–Kier alpha value is -2.06. The van der Waals surface area contributed by atoms with E-state index in [1.807, 2.05) is 0 Å². The molecular weight excluding hydrogens is 263 g/mol. The molecule has 0 aliphatic heterocycles. The minimum absolute atomic E-state index is 0.327. The van der Waals surface area contributed by atoms with Crippen LogP contribution in [0.1, 0.15) is 5.56 Å². The third-order valence-electron chi connectivity index (χ3n) is 1.78. The fourth-order valence-electron chi connectivity index (χ4n) is 1.06. The van der Waals surface area contributed by atoms with E-state index in [1.54, 1.807) is 0 Å². The average molecular weight is 270 g/mol. The van der Waals surface area contributed by atoms with Crippen LogP contribution in [0.15, 0.2) is 17.3 Å². The number of benzene rings is 1. The summed E-state index contributed by atoms with van der Waals surface area (Å²) in [6.45, 7) is -1.83. The topological polar surface area (TPSA) is 67.8 Å². The molecule has 0 atom stereocenters. The van der Waals surface area contributed by atoms with Crippen LogP contribution in [0.4, 0.5) is 22.0 Å². The number of hydrogen-bond acceptors (Lipinski definition) is 3. The van der Waals surface area contributed by atoms with Crippen LogP contribution in [0.3, 0.4) is 0 Å². The van der Waals surface area contributed by atoms with Gasteiger partial charge < -0.3 is 15.7 Å². The van der Waals surface area contributed by atoms with Crippen LogP contribution in [0.5, 0.6) is 5.75 Å². The molecule has 0 radical (unpaired) electrons. The summed E-state index contributed by atoms with van der Waals surface area (Å²) in [7, 11) is 0. The van der Waals surface area contributed by atoms with Gasteiger partial charge in [0.2, 0.25) is 0 Å². The summed E-state index contributed by atoms with van der Waals surface area (Å²) in [5.41, 5.74) is 4.74. The molecule has 18 heavy (non-hydrogen) atoms. The standard InChI is InChI=1S/C9H7F5N2O2/c10-5-1-4(8(15)16-17)2-6(11)7(5)18-3-9(12,13)14/h1-2,17H,3H2,(H2,15,16). The molecule has 0 unspecified atom stereocenters. The molecule has 0 bridgehead atoms. The van der Waals surface area contributed by atoms with E-state index >= 15 is 0 Å². The highest BCUT2D eigenvalue weighted by Gasteiger charge is 2.30. The van der Waals surface area contributed by atoms with Crippen molar-refractivity contribution in [2.24, 2.45) is 10.9 Å². The van der Waals surface area contributed by atoms with E-state index in [2.05, 4.69) is 9.89 Å². The second kappa shape index (κ2) is 5.07. The maximum Gasteiger partial charge on any atom is 0.422 e. The zero-order chi connectivity index (χ0) is 13.9. The predicted octanol–water partition coefficient (Wildman–Crippen LogP) is 2.00. The molecule has 1 aromatic rings. The number of amidine groups is 1. The molecule has 100 valence electrons. The number of rotatable bonds is 3. The second-order valence-electron chi connectivity index (χ2n) is 3.16. The smallest absolute Gasteiger partial charge is 0.422 e. The van der Waals surface area contributed by atoms with Gasteiger partial charge in [0.25, 0.3) is 0 Å². The zero-order valence-corrected chi connectivity index (χ0v) is 8.63. The first-order valence-corrected chi connectivity index (χ1v) is 4.41. The van der Waals surface area contributed by atoms with E-state index < -0.39 is 36.0 Å². The normalized spacial score (nSPS) is 12.6. The van der Waals surface area contributed by atoms with Gasteiger partial charge in [-0.2, -0.15) is 13.2 Å². The fourth-order valence-corrected chi connectivity index (χ4v) is 1.06. The largest absolute Gasteiger partial charge is 0.478 e. The zero-order valence-electron chi connectivity index (χ0n) is 8.63. The summed E-state index contributed by atoms with van der Waals surface area (Å²) in [6.07, 6.45) is -4.72. The summed E-state index contributed by atoms with van der Waals surface area (Å²) < 4.78 is 66.0. The van der Waals surface area contributed by atoms with Gasteiger partial charge in [0, 0.05) is 5.56 Å². The van der Waals surface area contributed by atoms with Crippen molar-refractivity contribution in [3.63, 3.8) is 0 Å². The lowest BCUT2D eigenvalue weighted by Crippen LogP contribution is -2.20. The van der Waals surface area contributed by atoms with Gasteiger partial charge in [-0.05, 0) is 12.1 Å². The van der Waals surface area contributed by atoms with Crippen LogP contribution in [-0.2, 0) is 0 Å². The molecule has 0 fully saturated rings. The van der Waals surface area contributed by atoms with Crippen molar-refractivity contribution in [2.45, 2.75) is 6.18 Å². The SMILES string of the molecule is N/C(=N/O)c1cc(F)c(OCC(F)(F)F)c(F)c1. The van der Waals surface area contributed by atoms with Gasteiger partial charge in [0.05, 0.1) is 0 Å². The quantitative estimate of drug-likeness (QED) is 0.290. The average Bonchev–Trinajstić information content (AvgIpc) is 2.25. The number of halogens is 5. The first kappa shape index (κ1) is 14.0. The lowest BCUT2D eigenvalue weighted by molar-refractivity contribution is -0.154. The summed E-state index contributed by atoms with van der Waals surface area (Å²) in [6, 6.07) is 1.17. The van der Waals surface area contributed by atoms with E-state index in [0.717, 1.165) is 0 Å². The Bertz CT molecular complexity index is 450. The fraction of sp³-hybridized carbons (Fsp3) is 0.222. The minimum Gasteiger partial charge on any atom is -0.478 e. The summed E-state index contributed by atoms with van der Waals surface area (Å²) >= 11 is 0. The molecule has 0 heterocycles. The van der Waals surface area contributed by atoms with E-state index in [-0.39, 0.29) is 5.56 Å². The number of alkyl halides is 3. The van der Waals surface area contributed by atoms with Crippen LogP contribution in [-0.4, -0.2) is 23.8 Å². The number of nitrogens with two attached hydrogens (primary N) is 1. The first-order chi connectivity index (χ1) is 8.24. The maximum atomic E-state index is 13.3. The molecule has 0 amide bonds. The van der Waals surface area contributed by atoms with Gasteiger partial charge in [0.1, 0.15) is 0 Å². The Balaban J connectivity index is 3.02. The van der Waals surface area contributed by atoms with Crippen LogP contribution in [0, 0.1) is 11.6 Å². The van der Waals surface area contributed by atoms with Crippen molar-refractivity contribution in [3.8, 4) is 5.75 Å².